The summed E-state index contributed by atoms with van der Waals surface area (Å²) in [5.41, 5.74) is 4.69. The first-order valence-corrected chi connectivity index (χ1v) is 6.72. The Balaban J connectivity index is 2.00. The number of carbonyl (C=O) groups excluding carboxylic acids is 1. The Hall–Kier alpha value is -1.99. The van der Waals surface area contributed by atoms with Gasteiger partial charge in [0.15, 0.2) is 0 Å². The van der Waals surface area contributed by atoms with Gasteiger partial charge in [0, 0.05) is 13.1 Å². The molecule has 1 aromatic heterocycles. The first kappa shape index (κ1) is 15.4. The van der Waals surface area contributed by atoms with Gasteiger partial charge < -0.3 is 16.0 Å². The number of aromatic nitrogens is 1. The van der Waals surface area contributed by atoms with E-state index in [-0.39, 0.29) is 23.8 Å². The van der Waals surface area contributed by atoms with E-state index in [4.69, 9.17) is 5.73 Å². The number of anilines is 2. The van der Waals surface area contributed by atoms with Gasteiger partial charge in [0.1, 0.15) is 5.69 Å². The van der Waals surface area contributed by atoms with Gasteiger partial charge in [-0.2, -0.15) is 13.2 Å². The van der Waals surface area contributed by atoms with Gasteiger partial charge in [-0.1, -0.05) is 0 Å². The molecule has 5 nitrogen and oxygen atoms in total. The molecule has 1 saturated heterocycles. The van der Waals surface area contributed by atoms with E-state index in [0.717, 1.165) is 31.5 Å². The smallest absolute Gasteiger partial charge is 0.396 e. The molecule has 0 bridgehead atoms. The van der Waals surface area contributed by atoms with E-state index >= 15 is 0 Å². The standard InChI is InChI=1S/C13H17F3N4O/c14-13(15,16)11-6-10(9(17)7-19-11)18-8-12(21)20-4-2-1-3-5-20/h6-7H,1-5,8,17H2,(H,18,19). The Morgan fingerprint density at radius 1 is 1.33 bits per heavy atom. The van der Waals surface area contributed by atoms with Gasteiger partial charge in [-0.3, -0.25) is 4.79 Å². The topological polar surface area (TPSA) is 71.2 Å². The lowest BCUT2D eigenvalue weighted by atomic mass is 10.1. The molecule has 1 aromatic rings. The van der Waals surface area contributed by atoms with Crippen LogP contribution in [-0.2, 0) is 11.0 Å². The number of nitrogens with one attached hydrogen (secondary N) is 1. The molecule has 3 N–H and O–H groups in total. The van der Waals surface area contributed by atoms with Crippen molar-refractivity contribution in [2.45, 2.75) is 25.4 Å². The van der Waals surface area contributed by atoms with Gasteiger partial charge in [-0.25, -0.2) is 4.98 Å². The minimum Gasteiger partial charge on any atom is -0.396 e. The third kappa shape index (κ3) is 3.99. The number of hydrogen-bond acceptors (Lipinski definition) is 4. The van der Waals surface area contributed by atoms with Crippen LogP contribution < -0.4 is 11.1 Å². The third-order valence-corrected chi connectivity index (χ3v) is 3.36. The van der Waals surface area contributed by atoms with Crippen molar-refractivity contribution < 1.29 is 18.0 Å². The number of rotatable bonds is 3. The van der Waals surface area contributed by atoms with Crippen LogP contribution in [0, 0.1) is 0 Å². The van der Waals surface area contributed by atoms with Crippen LogP contribution in [-0.4, -0.2) is 35.4 Å². The zero-order valence-corrected chi connectivity index (χ0v) is 11.4. The molecule has 0 atom stereocenters. The van der Waals surface area contributed by atoms with Crippen LogP contribution >= 0.6 is 0 Å². The highest BCUT2D eigenvalue weighted by Crippen LogP contribution is 2.30. The maximum Gasteiger partial charge on any atom is 0.433 e. The quantitative estimate of drug-likeness (QED) is 0.897. The maximum absolute atomic E-state index is 12.6. The molecule has 1 aliphatic heterocycles. The van der Waals surface area contributed by atoms with Crippen LogP contribution in [0.3, 0.4) is 0 Å². The number of pyridine rings is 1. The van der Waals surface area contributed by atoms with Crippen molar-refractivity contribution >= 4 is 17.3 Å². The van der Waals surface area contributed by atoms with Crippen LogP contribution in [0.5, 0.6) is 0 Å². The minimum atomic E-state index is -4.54. The Labute approximate surface area is 120 Å². The first-order valence-electron chi connectivity index (χ1n) is 6.72. The number of likely N-dealkylation sites (tertiary alicyclic amines) is 1. The van der Waals surface area contributed by atoms with Crippen molar-refractivity contribution in [3.63, 3.8) is 0 Å². The molecule has 0 spiro atoms. The van der Waals surface area contributed by atoms with Gasteiger partial charge >= 0.3 is 6.18 Å². The van der Waals surface area contributed by atoms with Gasteiger partial charge in [0.25, 0.3) is 0 Å². The van der Waals surface area contributed by atoms with Crippen molar-refractivity contribution in [2.75, 3.05) is 30.7 Å². The summed E-state index contributed by atoms with van der Waals surface area (Å²) in [6, 6.07) is 0.818. The Morgan fingerprint density at radius 2 is 2.00 bits per heavy atom. The van der Waals surface area contributed by atoms with E-state index in [9.17, 15) is 18.0 Å². The molecule has 2 rings (SSSR count). The van der Waals surface area contributed by atoms with E-state index in [1.807, 2.05) is 0 Å². The number of piperidine rings is 1. The molecule has 21 heavy (non-hydrogen) atoms. The molecule has 2 heterocycles. The predicted octanol–water partition coefficient (Wildman–Crippen LogP) is 2.11. The Morgan fingerprint density at radius 3 is 2.62 bits per heavy atom. The molecule has 0 aromatic carbocycles. The SMILES string of the molecule is Nc1cnc(C(F)(F)F)cc1NCC(=O)N1CCCCC1. The number of hydrogen-bond donors (Lipinski definition) is 2. The molecule has 0 aliphatic carbocycles. The van der Waals surface area contributed by atoms with Gasteiger partial charge in [0.05, 0.1) is 24.1 Å². The summed E-state index contributed by atoms with van der Waals surface area (Å²) in [7, 11) is 0. The lowest BCUT2D eigenvalue weighted by molar-refractivity contribution is -0.141. The summed E-state index contributed by atoms with van der Waals surface area (Å²) >= 11 is 0. The number of halogens is 3. The maximum atomic E-state index is 12.6. The van der Waals surface area contributed by atoms with Gasteiger partial charge in [-0.05, 0) is 25.3 Å². The highest BCUT2D eigenvalue weighted by atomic mass is 19.4. The van der Waals surface area contributed by atoms with Crippen molar-refractivity contribution in [3.05, 3.63) is 18.0 Å². The van der Waals surface area contributed by atoms with Crippen LogP contribution in [0.15, 0.2) is 12.3 Å². The van der Waals surface area contributed by atoms with Crippen LogP contribution in [0.2, 0.25) is 0 Å². The molecule has 1 fully saturated rings. The molecule has 0 radical (unpaired) electrons. The van der Waals surface area contributed by atoms with Crippen LogP contribution in [0.25, 0.3) is 0 Å². The van der Waals surface area contributed by atoms with E-state index in [1.54, 1.807) is 4.90 Å². The van der Waals surface area contributed by atoms with Crippen molar-refractivity contribution in [1.82, 2.24) is 9.88 Å². The van der Waals surface area contributed by atoms with E-state index in [0.29, 0.717) is 13.1 Å². The average molecular weight is 302 g/mol. The minimum absolute atomic E-state index is 0.0719. The fourth-order valence-corrected chi connectivity index (χ4v) is 2.20. The molecule has 8 heteroatoms. The molecular formula is C13H17F3N4O. The third-order valence-electron chi connectivity index (χ3n) is 3.36. The fraction of sp³-hybridized carbons (Fsp3) is 0.538. The summed E-state index contributed by atoms with van der Waals surface area (Å²) in [6.45, 7) is 1.31. The largest absolute Gasteiger partial charge is 0.433 e. The zero-order valence-electron chi connectivity index (χ0n) is 11.4. The fourth-order valence-electron chi connectivity index (χ4n) is 2.20. The molecule has 0 saturated carbocycles. The van der Waals surface area contributed by atoms with Crippen LogP contribution in [0.4, 0.5) is 24.5 Å². The summed E-state index contributed by atoms with van der Waals surface area (Å²) < 4.78 is 37.7. The average Bonchev–Trinajstić information content (AvgIpc) is 2.45. The summed E-state index contributed by atoms with van der Waals surface area (Å²) in [6.07, 6.45) is -0.580. The second-order valence-corrected chi connectivity index (χ2v) is 4.95. The second kappa shape index (κ2) is 6.19. The highest BCUT2D eigenvalue weighted by Gasteiger charge is 2.33. The lowest BCUT2D eigenvalue weighted by Crippen LogP contribution is -2.39. The van der Waals surface area contributed by atoms with E-state index in [1.165, 1.54) is 0 Å². The summed E-state index contributed by atoms with van der Waals surface area (Å²) in [5, 5.41) is 2.67. The molecule has 1 amide bonds. The lowest BCUT2D eigenvalue weighted by Gasteiger charge is -2.27. The monoisotopic (exact) mass is 302 g/mol. The number of carbonyl (C=O) groups is 1. The van der Waals surface area contributed by atoms with Crippen molar-refractivity contribution in [1.29, 1.82) is 0 Å². The van der Waals surface area contributed by atoms with E-state index in [2.05, 4.69) is 10.3 Å². The predicted molar refractivity (Wildman–Crippen MR) is 72.6 cm³/mol. The number of alkyl halides is 3. The number of nitrogen functional groups attached to an aromatic ring is 1. The number of amides is 1. The zero-order chi connectivity index (χ0) is 15.5. The molecule has 1 aliphatic rings. The first-order chi connectivity index (χ1) is 9.88. The Bertz CT molecular complexity index is 513. The summed E-state index contributed by atoms with van der Waals surface area (Å²) in [5.74, 6) is -0.139. The highest BCUT2D eigenvalue weighted by molar-refractivity contribution is 5.82. The van der Waals surface area contributed by atoms with Crippen molar-refractivity contribution in [2.24, 2.45) is 0 Å². The normalized spacial score (nSPS) is 15.9. The van der Waals surface area contributed by atoms with Gasteiger partial charge in [-0.15, -0.1) is 0 Å². The number of nitrogens with zero attached hydrogens (tertiary/aromatic N) is 2. The van der Waals surface area contributed by atoms with E-state index < -0.39 is 11.9 Å². The molecule has 116 valence electrons. The second-order valence-electron chi connectivity index (χ2n) is 4.95. The van der Waals surface area contributed by atoms with Gasteiger partial charge in [0.2, 0.25) is 5.91 Å². The van der Waals surface area contributed by atoms with Crippen molar-refractivity contribution in [3.8, 4) is 0 Å². The Kier molecular flexibility index (Phi) is 4.54. The van der Waals surface area contributed by atoms with Crippen LogP contribution in [0.1, 0.15) is 25.0 Å². The molecular weight excluding hydrogens is 285 g/mol. The summed E-state index contributed by atoms with van der Waals surface area (Å²) in [4.78, 5) is 16.9. The molecule has 0 unspecified atom stereocenters. The number of nitrogens with two attached hydrogens (primary N) is 1.